The highest BCUT2D eigenvalue weighted by Gasteiger charge is 2.15. The lowest BCUT2D eigenvalue weighted by Crippen LogP contribution is -2.34. The Bertz CT molecular complexity index is 423. The van der Waals surface area contributed by atoms with E-state index in [4.69, 9.17) is 23.2 Å². The molecule has 0 aliphatic heterocycles. The molecule has 7 heteroatoms. The van der Waals surface area contributed by atoms with Crippen LogP contribution in [-0.2, 0) is 14.4 Å². The van der Waals surface area contributed by atoms with Gasteiger partial charge in [0.25, 0.3) is 0 Å². The second kappa shape index (κ2) is 5.69. The molecule has 86 valence electrons. The zero-order valence-corrected chi connectivity index (χ0v) is 9.72. The van der Waals surface area contributed by atoms with Crippen molar-refractivity contribution >= 4 is 40.7 Å². The Morgan fingerprint density at radius 2 is 1.94 bits per heavy atom. The molecular formula is C9H8Cl2N2O3. The number of anilines is 1. The maximum atomic E-state index is 11.3. The molecular weight excluding hydrogens is 255 g/mol. The van der Waals surface area contributed by atoms with Crippen LogP contribution in [0.2, 0.25) is 10.0 Å². The molecule has 0 aromatic heterocycles. The van der Waals surface area contributed by atoms with Crippen molar-refractivity contribution in [3.8, 4) is 0 Å². The molecule has 0 bridgehead atoms. The van der Waals surface area contributed by atoms with Crippen LogP contribution >= 0.6 is 23.2 Å². The second-order valence-electron chi connectivity index (χ2n) is 2.69. The monoisotopic (exact) mass is 262 g/mol. The number of hydroxylamine groups is 1. The van der Waals surface area contributed by atoms with Gasteiger partial charge in [0.2, 0.25) is 0 Å². The fourth-order valence-corrected chi connectivity index (χ4v) is 1.27. The Labute approximate surface area is 102 Å². The first-order valence-corrected chi connectivity index (χ1v) is 4.90. The van der Waals surface area contributed by atoms with E-state index in [0.29, 0.717) is 0 Å². The van der Waals surface area contributed by atoms with E-state index in [2.05, 4.69) is 10.2 Å². The number of benzene rings is 1. The molecule has 0 saturated heterocycles. The van der Waals surface area contributed by atoms with Crippen LogP contribution in [0.5, 0.6) is 0 Å². The molecule has 0 aliphatic rings. The molecule has 0 unspecified atom stereocenters. The van der Waals surface area contributed by atoms with E-state index < -0.39 is 11.8 Å². The molecule has 0 heterocycles. The average Bonchev–Trinajstić information content (AvgIpc) is 2.25. The normalized spacial score (nSPS) is 9.69. The largest absolute Gasteiger partial charge is 0.333 e. The highest BCUT2D eigenvalue weighted by Crippen LogP contribution is 2.29. The number of rotatable bonds is 2. The van der Waals surface area contributed by atoms with Gasteiger partial charge in [0, 0.05) is 0 Å². The summed E-state index contributed by atoms with van der Waals surface area (Å²) in [5.41, 5.74) is 2.13. The molecule has 0 atom stereocenters. The lowest BCUT2D eigenvalue weighted by Gasteiger charge is -2.07. The van der Waals surface area contributed by atoms with Crippen LogP contribution in [0.3, 0.4) is 0 Å². The minimum atomic E-state index is -0.932. The van der Waals surface area contributed by atoms with E-state index in [0.717, 1.165) is 0 Å². The molecule has 0 saturated carbocycles. The Kier molecular flexibility index (Phi) is 4.54. The zero-order valence-electron chi connectivity index (χ0n) is 8.21. The topological polar surface area (TPSA) is 67.4 Å². The first kappa shape index (κ1) is 12.8. The number of carbonyl (C=O) groups excluding carboxylic acids is 2. The molecule has 1 aromatic rings. The summed E-state index contributed by atoms with van der Waals surface area (Å²) in [6.07, 6.45) is 0. The number of carbonyl (C=O) groups is 2. The zero-order chi connectivity index (χ0) is 12.1. The molecule has 2 amide bonds. The van der Waals surface area contributed by atoms with Crippen molar-refractivity contribution in [2.45, 2.75) is 0 Å². The third kappa shape index (κ3) is 3.10. The van der Waals surface area contributed by atoms with Gasteiger partial charge < -0.3 is 5.32 Å². The van der Waals surface area contributed by atoms with Crippen molar-refractivity contribution in [2.24, 2.45) is 0 Å². The Hall–Kier alpha value is -1.30. The van der Waals surface area contributed by atoms with E-state index in [9.17, 15) is 9.59 Å². The third-order valence-corrected chi connectivity index (χ3v) is 2.42. The van der Waals surface area contributed by atoms with E-state index in [1.165, 1.54) is 13.2 Å². The summed E-state index contributed by atoms with van der Waals surface area (Å²) in [7, 11) is 1.22. The predicted molar refractivity (Wildman–Crippen MR) is 60.2 cm³/mol. The van der Waals surface area contributed by atoms with Crippen molar-refractivity contribution < 1.29 is 14.4 Å². The van der Waals surface area contributed by atoms with Crippen molar-refractivity contribution in [1.82, 2.24) is 5.48 Å². The number of amides is 2. The van der Waals surface area contributed by atoms with E-state index in [-0.39, 0.29) is 15.7 Å². The number of hydrogen-bond donors (Lipinski definition) is 2. The standard InChI is InChI=1S/C9H8Cl2N2O3/c1-16-13-9(15)8(14)12-6-4-2-3-5(10)7(6)11/h2-4H,1H3,(H,12,14)(H,13,15). The maximum Gasteiger partial charge on any atom is 0.333 e. The quantitative estimate of drug-likeness (QED) is 0.629. The minimum absolute atomic E-state index is 0.169. The summed E-state index contributed by atoms with van der Waals surface area (Å²) < 4.78 is 0. The fraction of sp³-hybridized carbons (Fsp3) is 0.111. The molecule has 0 spiro atoms. The van der Waals surface area contributed by atoms with Gasteiger partial charge in [0.1, 0.15) is 0 Å². The SMILES string of the molecule is CONC(=O)C(=O)Nc1cccc(Cl)c1Cl. The summed E-state index contributed by atoms with van der Waals surface area (Å²) in [6.45, 7) is 0. The molecule has 0 aliphatic carbocycles. The molecule has 5 nitrogen and oxygen atoms in total. The predicted octanol–water partition coefficient (Wildman–Crippen LogP) is 1.61. The lowest BCUT2D eigenvalue weighted by atomic mass is 10.3. The Balaban J connectivity index is 2.77. The van der Waals surface area contributed by atoms with Gasteiger partial charge in [-0.2, -0.15) is 0 Å². The van der Waals surface area contributed by atoms with Crippen molar-refractivity contribution in [3.05, 3.63) is 28.2 Å². The third-order valence-electron chi connectivity index (χ3n) is 1.60. The van der Waals surface area contributed by atoms with Gasteiger partial charge in [-0.25, -0.2) is 5.48 Å². The van der Waals surface area contributed by atoms with Gasteiger partial charge in [0.05, 0.1) is 22.8 Å². The minimum Gasteiger partial charge on any atom is -0.316 e. The smallest absolute Gasteiger partial charge is 0.316 e. The van der Waals surface area contributed by atoms with E-state index in [1.807, 2.05) is 5.48 Å². The molecule has 0 fully saturated rings. The summed E-state index contributed by atoms with van der Waals surface area (Å²) >= 11 is 11.5. The van der Waals surface area contributed by atoms with Gasteiger partial charge >= 0.3 is 11.8 Å². The molecule has 2 N–H and O–H groups in total. The van der Waals surface area contributed by atoms with Crippen LogP contribution < -0.4 is 10.8 Å². The van der Waals surface area contributed by atoms with Crippen LogP contribution in [0.25, 0.3) is 0 Å². The van der Waals surface area contributed by atoms with E-state index >= 15 is 0 Å². The van der Waals surface area contributed by atoms with Crippen LogP contribution in [-0.4, -0.2) is 18.9 Å². The van der Waals surface area contributed by atoms with Crippen molar-refractivity contribution in [3.63, 3.8) is 0 Å². The molecule has 1 rings (SSSR count). The van der Waals surface area contributed by atoms with Crippen LogP contribution in [0.15, 0.2) is 18.2 Å². The molecule has 0 radical (unpaired) electrons. The summed E-state index contributed by atoms with van der Waals surface area (Å²) in [5.74, 6) is -1.83. The lowest BCUT2D eigenvalue weighted by molar-refractivity contribution is -0.142. The van der Waals surface area contributed by atoms with E-state index in [1.54, 1.807) is 12.1 Å². The Morgan fingerprint density at radius 3 is 2.56 bits per heavy atom. The molecule has 16 heavy (non-hydrogen) atoms. The molecule has 1 aromatic carbocycles. The first-order valence-electron chi connectivity index (χ1n) is 4.14. The average molecular weight is 263 g/mol. The highest BCUT2D eigenvalue weighted by atomic mass is 35.5. The fourth-order valence-electron chi connectivity index (χ4n) is 0.918. The maximum absolute atomic E-state index is 11.3. The first-order chi connectivity index (χ1) is 7.56. The van der Waals surface area contributed by atoms with Crippen LogP contribution in [0.1, 0.15) is 0 Å². The highest BCUT2D eigenvalue weighted by molar-refractivity contribution is 6.45. The van der Waals surface area contributed by atoms with Gasteiger partial charge in [0.15, 0.2) is 0 Å². The summed E-state index contributed by atoms with van der Waals surface area (Å²) in [5, 5.41) is 2.74. The second-order valence-corrected chi connectivity index (χ2v) is 3.48. The van der Waals surface area contributed by atoms with Crippen LogP contribution in [0.4, 0.5) is 5.69 Å². The number of halogens is 2. The number of nitrogens with one attached hydrogen (secondary N) is 2. The summed E-state index contributed by atoms with van der Waals surface area (Å²) in [6, 6.07) is 4.68. The number of hydrogen-bond acceptors (Lipinski definition) is 3. The van der Waals surface area contributed by atoms with Crippen molar-refractivity contribution in [1.29, 1.82) is 0 Å². The van der Waals surface area contributed by atoms with Gasteiger partial charge in [-0.3, -0.25) is 14.4 Å². The van der Waals surface area contributed by atoms with Gasteiger partial charge in [-0.15, -0.1) is 0 Å². The van der Waals surface area contributed by atoms with Gasteiger partial charge in [-0.1, -0.05) is 29.3 Å². The van der Waals surface area contributed by atoms with Crippen LogP contribution in [0, 0.1) is 0 Å². The summed E-state index contributed by atoms with van der Waals surface area (Å²) in [4.78, 5) is 26.6. The Morgan fingerprint density at radius 1 is 1.25 bits per heavy atom. The van der Waals surface area contributed by atoms with Gasteiger partial charge in [-0.05, 0) is 12.1 Å². The van der Waals surface area contributed by atoms with Crippen molar-refractivity contribution in [2.75, 3.05) is 12.4 Å².